The van der Waals surface area contributed by atoms with Crippen molar-refractivity contribution in [2.24, 2.45) is 5.92 Å². The predicted molar refractivity (Wildman–Crippen MR) is 109 cm³/mol. The average Bonchev–Trinajstić information content (AvgIpc) is 3.05. The molecule has 0 radical (unpaired) electrons. The Hall–Kier alpha value is -2.02. The Bertz CT molecular complexity index is 788. The second-order valence-electron chi connectivity index (χ2n) is 7.80. The molecule has 5 nitrogen and oxygen atoms in total. The molecule has 28 heavy (non-hydrogen) atoms. The highest BCUT2D eigenvalue weighted by Gasteiger charge is 2.28. The minimum absolute atomic E-state index is 0.229. The number of aromatic nitrogens is 2. The Morgan fingerprint density at radius 1 is 1.04 bits per heavy atom. The van der Waals surface area contributed by atoms with Gasteiger partial charge in [0.05, 0.1) is 0 Å². The largest absolute Gasteiger partial charge is 0.345 e. The van der Waals surface area contributed by atoms with Crippen molar-refractivity contribution in [3.8, 4) is 0 Å². The third kappa shape index (κ3) is 4.69. The molecule has 1 aliphatic carbocycles. The molecule has 0 unspecified atom stereocenters. The van der Waals surface area contributed by atoms with Gasteiger partial charge in [0.25, 0.3) is 0 Å². The molecule has 1 amide bonds. The number of carbonyl (C=O) groups is 1. The number of hydrogen-bond donors (Lipinski definition) is 0. The fourth-order valence-corrected chi connectivity index (χ4v) is 4.90. The van der Waals surface area contributed by atoms with Crippen molar-refractivity contribution in [1.29, 1.82) is 0 Å². The lowest BCUT2D eigenvalue weighted by Gasteiger charge is -2.28. The lowest BCUT2D eigenvalue weighted by atomic mass is 9.88. The molecule has 1 aromatic heterocycles. The van der Waals surface area contributed by atoms with Gasteiger partial charge in [-0.05, 0) is 37.0 Å². The highest BCUT2D eigenvalue weighted by molar-refractivity contribution is 7.09. The zero-order valence-electron chi connectivity index (χ0n) is 16.1. The van der Waals surface area contributed by atoms with Crippen LogP contribution >= 0.6 is 11.5 Å². The minimum atomic E-state index is -0.229. The Labute approximate surface area is 169 Å². The predicted octanol–water partition coefficient (Wildman–Crippen LogP) is 3.89. The van der Waals surface area contributed by atoms with E-state index in [1.54, 1.807) is 12.1 Å². The number of carbonyl (C=O) groups excluding carboxylic acids is 1. The molecule has 0 bridgehead atoms. The van der Waals surface area contributed by atoms with E-state index in [0.717, 1.165) is 62.0 Å². The number of nitrogens with zero attached hydrogens (tertiary/aromatic N) is 4. The number of anilines is 1. The second-order valence-corrected chi connectivity index (χ2v) is 8.53. The maximum absolute atomic E-state index is 13.1. The second kappa shape index (κ2) is 8.99. The maximum atomic E-state index is 13.1. The SMILES string of the molecule is O=C(C1CCCCC1)N1CCCN(c2nc(Cc3ccc(F)cc3)ns2)CC1. The molecule has 0 N–H and O–H groups in total. The van der Waals surface area contributed by atoms with Crippen molar-refractivity contribution in [2.75, 3.05) is 31.1 Å². The van der Waals surface area contributed by atoms with Crippen LogP contribution in [0.25, 0.3) is 0 Å². The van der Waals surface area contributed by atoms with Crippen LogP contribution in [0.4, 0.5) is 9.52 Å². The summed E-state index contributed by atoms with van der Waals surface area (Å²) in [4.78, 5) is 21.8. The normalized spacial score (nSPS) is 18.9. The Morgan fingerprint density at radius 3 is 2.61 bits per heavy atom. The van der Waals surface area contributed by atoms with E-state index in [2.05, 4.69) is 19.2 Å². The fraction of sp³-hybridized carbons (Fsp3) is 0.571. The number of halogens is 1. The van der Waals surface area contributed by atoms with Gasteiger partial charge in [-0.3, -0.25) is 4.79 Å². The summed E-state index contributed by atoms with van der Waals surface area (Å²) in [5, 5.41) is 0.920. The van der Waals surface area contributed by atoms with Crippen LogP contribution in [0.5, 0.6) is 0 Å². The first-order valence-electron chi connectivity index (χ1n) is 10.3. The Balaban J connectivity index is 1.34. The van der Waals surface area contributed by atoms with Gasteiger partial charge in [-0.15, -0.1) is 0 Å². The maximum Gasteiger partial charge on any atom is 0.225 e. The van der Waals surface area contributed by atoms with Crippen LogP contribution in [0.2, 0.25) is 0 Å². The molecule has 2 aliphatic rings. The molecule has 1 aromatic carbocycles. The number of hydrogen-bond acceptors (Lipinski definition) is 5. The third-order valence-electron chi connectivity index (χ3n) is 5.77. The third-order valence-corrected chi connectivity index (χ3v) is 6.58. The summed E-state index contributed by atoms with van der Waals surface area (Å²) >= 11 is 1.41. The van der Waals surface area contributed by atoms with Crippen LogP contribution in [-0.4, -0.2) is 46.3 Å². The molecule has 1 aliphatic heterocycles. The number of amides is 1. The number of benzene rings is 1. The summed E-state index contributed by atoms with van der Waals surface area (Å²) in [6.45, 7) is 3.32. The van der Waals surface area contributed by atoms with Gasteiger partial charge in [0, 0.05) is 50.1 Å². The van der Waals surface area contributed by atoms with E-state index in [-0.39, 0.29) is 11.7 Å². The van der Waals surface area contributed by atoms with E-state index >= 15 is 0 Å². The van der Waals surface area contributed by atoms with E-state index in [9.17, 15) is 9.18 Å². The van der Waals surface area contributed by atoms with Gasteiger partial charge in [0.15, 0.2) is 0 Å². The minimum Gasteiger partial charge on any atom is -0.345 e. The van der Waals surface area contributed by atoms with Gasteiger partial charge in [0.2, 0.25) is 11.0 Å². The van der Waals surface area contributed by atoms with E-state index < -0.39 is 0 Å². The molecule has 2 aromatic rings. The van der Waals surface area contributed by atoms with Gasteiger partial charge in [-0.1, -0.05) is 31.4 Å². The van der Waals surface area contributed by atoms with Crippen molar-refractivity contribution in [2.45, 2.75) is 44.9 Å². The summed E-state index contributed by atoms with van der Waals surface area (Å²) < 4.78 is 17.5. The lowest BCUT2D eigenvalue weighted by molar-refractivity contribution is -0.136. The molecular formula is C21H27FN4OS. The number of rotatable bonds is 4. The topological polar surface area (TPSA) is 49.3 Å². The van der Waals surface area contributed by atoms with E-state index in [0.29, 0.717) is 12.3 Å². The summed E-state index contributed by atoms with van der Waals surface area (Å²) in [5.74, 6) is 1.14. The van der Waals surface area contributed by atoms with Gasteiger partial charge < -0.3 is 9.80 Å². The van der Waals surface area contributed by atoms with Crippen molar-refractivity contribution in [1.82, 2.24) is 14.3 Å². The van der Waals surface area contributed by atoms with Crippen LogP contribution in [0, 0.1) is 11.7 Å². The van der Waals surface area contributed by atoms with Crippen molar-refractivity contribution in [3.05, 3.63) is 41.5 Å². The first kappa shape index (κ1) is 19.3. The zero-order valence-corrected chi connectivity index (χ0v) is 17.0. The van der Waals surface area contributed by atoms with Gasteiger partial charge in [-0.2, -0.15) is 4.37 Å². The highest BCUT2D eigenvalue weighted by atomic mass is 32.1. The molecule has 7 heteroatoms. The van der Waals surface area contributed by atoms with Crippen LogP contribution in [-0.2, 0) is 11.2 Å². The van der Waals surface area contributed by atoms with Crippen LogP contribution < -0.4 is 4.90 Å². The van der Waals surface area contributed by atoms with Gasteiger partial charge in [-0.25, -0.2) is 9.37 Å². The van der Waals surface area contributed by atoms with Crippen LogP contribution in [0.1, 0.15) is 49.9 Å². The molecule has 0 spiro atoms. The van der Waals surface area contributed by atoms with Gasteiger partial charge >= 0.3 is 0 Å². The molecule has 4 rings (SSSR count). The summed E-state index contributed by atoms with van der Waals surface area (Å²) in [5.41, 5.74) is 1.01. The first-order chi connectivity index (χ1) is 13.7. The first-order valence-corrected chi connectivity index (χ1v) is 11.1. The molecule has 2 heterocycles. The molecule has 2 fully saturated rings. The standard InChI is InChI=1S/C21H27FN4OS/c22-18-9-7-16(8-10-18)15-19-23-21(28-24-19)26-12-4-11-25(13-14-26)20(27)17-5-2-1-3-6-17/h7-10,17H,1-6,11-15H2. The summed E-state index contributed by atoms with van der Waals surface area (Å²) in [6, 6.07) is 6.48. The quantitative estimate of drug-likeness (QED) is 0.779. The molecule has 150 valence electrons. The van der Waals surface area contributed by atoms with E-state index in [1.165, 1.54) is 42.9 Å². The fourth-order valence-electron chi connectivity index (χ4n) is 4.17. The average molecular weight is 403 g/mol. The van der Waals surface area contributed by atoms with E-state index in [1.807, 2.05) is 0 Å². The summed E-state index contributed by atoms with van der Waals surface area (Å²) in [6.07, 6.45) is 7.34. The van der Waals surface area contributed by atoms with Crippen LogP contribution in [0.15, 0.2) is 24.3 Å². The van der Waals surface area contributed by atoms with Crippen LogP contribution in [0.3, 0.4) is 0 Å². The smallest absolute Gasteiger partial charge is 0.225 e. The van der Waals surface area contributed by atoms with Crippen molar-refractivity contribution >= 4 is 22.6 Å². The lowest BCUT2D eigenvalue weighted by Crippen LogP contribution is -2.39. The van der Waals surface area contributed by atoms with Crippen molar-refractivity contribution in [3.63, 3.8) is 0 Å². The summed E-state index contributed by atoms with van der Waals surface area (Å²) in [7, 11) is 0. The molecule has 0 atom stereocenters. The molecular weight excluding hydrogens is 375 g/mol. The molecule has 1 saturated carbocycles. The Kier molecular flexibility index (Phi) is 6.20. The van der Waals surface area contributed by atoms with Crippen molar-refractivity contribution < 1.29 is 9.18 Å². The van der Waals surface area contributed by atoms with E-state index in [4.69, 9.17) is 0 Å². The monoisotopic (exact) mass is 402 g/mol. The Morgan fingerprint density at radius 2 is 1.82 bits per heavy atom. The van der Waals surface area contributed by atoms with Gasteiger partial charge in [0.1, 0.15) is 11.6 Å². The highest BCUT2D eigenvalue weighted by Crippen LogP contribution is 2.26. The molecule has 1 saturated heterocycles. The zero-order chi connectivity index (χ0) is 19.3.